The lowest BCUT2D eigenvalue weighted by atomic mass is 10.2. The molecule has 0 radical (unpaired) electrons. The molecule has 0 amide bonds. The Morgan fingerprint density at radius 3 is 2.57 bits per heavy atom. The quantitative estimate of drug-likeness (QED) is 0.676. The smallest absolute Gasteiger partial charge is 0.224 e. The van der Waals surface area contributed by atoms with E-state index < -0.39 is 12.0 Å². The Labute approximate surface area is 120 Å². The number of rotatable bonds is 2. The summed E-state index contributed by atoms with van der Waals surface area (Å²) >= 11 is 0.956. The molecule has 0 saturated carbocycles. The van der Waals surface area contributed by atoms with Crippen molar-refractivity contribution in [2.75, 3.05) is 0 Å². The molecule has 21 heavy (non-hydrogen) atoms. The minimum Gasteiger partial charge on any atom is -0.224 e. The molecule has 108 valence electrons. The van der Waals surface area contributed by atoms with Gasteiger partial charge in [-0.1, -0.05) is 18.2 Å². The van der Waals surface area contributed by atoms with Crippen molar-refractivity contribution in [2.24, 2.45) is 7.05 Å². The molecule has 0 spiro atoms. The summed E-state index contributed by atoms with van der Waals surface area (Å²) in [5, 5.41) is 11.8. The number of tetrazole rings is 1. The van der Waals surface area contributed by atoms with E-state index in [2.05, 4.69) is 25.5 Å². The third kappa shape index (κ3) is 2.66. The predicted octanol–water partition coefficient (Wildman–Crippen LogP) is 2.32. The number of para-hydroxylation sites is 1. The molecule has 0 unspecified atom stereocenters. The third-order valence-electron chi connectivity index (χ3n) is 2.59. The summed E-state index contributed by atoms with van der Waals surface area (Å²) in [4.78, 5) is 7.16. The Morgan fingerprint density at radius 2 is 1.90 bits per heavy atom. The molecule has 0 aliphatic carbocycles. The van der Waals surface area contributed by atoms with E-state index in [0.717, 1.165) is 11.8 Å². The van der Waals surface area contributed by atoms with Gasteiger partial charge in [0.15, 0.2) is 0 Å². The van der Waals surface area contributed by atoms with E-state index in [0.29, 0.717) is 10.5 Å². The number of aromatic nitrogens is 6. The number of hydrogen-bond acceptors (Lipinski definition) is 6. The van der Waals surface area contributed by atoms with Gasteiger partial charge >= 0.3 is 6.18 Å². The number of nitrogens with zero attached hydrogens (tertiary/aromatic N) is 6. The third-order valence-corrected chi connectivity index (χ3v) is 3.62. The van der Waals surface area contributed by atoms with E-state index in [1.807, 2.05) is 0 Å². The summed E-state index contributed by atoms with van der Waals surface area (Å²) in [5.74, 6) is -1.18. The van der Waals surface area contributed by atoms with Gasteiger partial charge in [0.25, 0.3) is 0 Å². The second-order valence-corrected chi connectivity index (χ2v) is 5.01. The maximum absolute atomic E-state index is 12.9. The first-order chi connectivity index (χ1) is 9.95. The zero-order chi connectivity index (χ0) is 15.0. The predicted molar refractivity (Wildman–Crippen MR) is 67.5 cm³/mol. The van der Waals surface area contributed by atoms with Crippen molar-refractivity contribution in [2.45, 2.75) is 16.4 Å². The van der Waals surface area contributed by atoms with Gasteiger partial charge in [-0.3, -0.25) is 0 Å². The SMILES string of the molecule is Cn1nnnc1Sc1nc(C(F)(F)F)nc2ccccc12. The highest BCUT2D eigenvalue weighted by Crippen LogP contribution is 2.33. The lowest BCUT2D eigenvalue weighted by Crippen LogP contribution is -2.11. The van der Waals surface area contributed by atoms with Crippen LogP contribution >= 0.6 is 11.8 Å². The van der Waals surface area contributed by atoms with E-state index in [1.165, 1.54) is 10.7 Å². The monoisotopic (exact) mass is 312 g/mol. The molecule has 2 heterocycles. The molecule has 0 aliphatic rings. The molecule has 3 rings (SSSR count). The minimum absolute atomic E-state index is 0.158. The van der Waals surface area contributed by atoms with Crippen molar-refractivity contribution in [1.82, 2.24) is 30.2 Å². The van der Waals surface area contributed by atoms with Crippen LogP contribution in [0.5, 0.6) is 0 Å². The van der Waals surface area contributed by atoms with Crippen molar-refractivity contribution in [3.05, 3.63) is 30.1 Å². The molecule has 0 N–H and O–H groups in total. The number of fused-ring (bicyclic) bond motifs is 1. The van der Waals surface area contributed by atoms with Crippen LogP contribution in [-0.4, -0.2) is 30.2 Å². The fourth-order valence-corrected chi connectivity index (χ4v) is 2.48. The van der Waals surface area contributed by atoms with Gasteiger partial charge in [-0.15, -0.1) is 5.10 Å². The minimum atomic E-state index is -4.61. The molecule has 1 aromatic carbocycles. The van der Waals surface area contributed by atoms with Crippen molar-refractivity contribution in [3.63, 3.8) is 0 Å². The van der Waals surface area contributed by atoms with Gasteiger partial charge in [0, 0.05) is 12.4 Å². The highest BCUT2D eigenvalue weighted by atomic mass is 32.2. The number of alkyl halides is 3. The van der Waals surface area contributed by atoms with Gasteiger partial charge in [-0.05, 0) is 28.3 Å². The van der Waals surface area contributed by atoms with Crippen molar-refractivity contribution >= 4 is 22.7 Å². The van der Waals surface area contributed by atoms with Crippen LogP contribution in [0.15, 0.2) is 34.4 Å². The lowest BCUT2D eigenvalue weighted by Gasteiger charge is -2.09. The van der Waals surface area contributed by atoms with Gasteiger partial charge in [-0.25, -0.2) is 14.6 Å². The number of halogens is 3. The zero-order valence-corrected chi connectivity index (χ0v) is 11.4. The van der Waals surface area contributed by atoms with Crippen LogP contribution in [0.4, 0.5) is 13.2 Å². The van der Waals surface area contributed by atoms with Crippen molar-refractivity contribution in [1.29, 1.82) is 0 Å². The summed E-state index contributed by atoms with van der Waals surface area (Å²) < 4.78 is 40.0. The van der Waals surface area contributed by atoms with E-state index in [4.69, 9.17) is 0 Å². The molecule has 3 aromatic rings. The highest BCUT2D eigenvalue weighted by Gasteiger charge is 2.35. The topological polar surface area (TPSA) is 69.4 Å². The van der Waals surface area contributed by atoms with Crippen LogP contribution in [0.2, 0.25) is 0 Å². The summed E-state index contributed by atoms with van der Waals surface area (Å²) in [6.07, 6.45) is -4.61. The summed E-state index contributed by atoms with van der Waals surface area (Å²) in [7, 11) is 1.59. The molecule has 0 fully saturated rings. The molecule has 0 aliphatic heterocycles. The Bertz CT molecular complexity index is 800. The average molecular weight is 312 g/mol. The maximum atomic E-state index is 12.9. The second-order valence-electron chi connectivity index (χ2n) is 4.05. The first-order valence-corrected chi connectivity index (χ1v) is 6.51. The highest BCUT2D eigenvalue weighted by molar-refractivity contribution is 7.99. The largest absolute Gasteiger partial charge is 0.451 e. The second kappa shape index (κ2) is 4.95. The number of hydrogen-bond donors (Lipinski definition) is 0. The van der Waals surface area contributed by atoms with Crippen LogP contribution in [-0.2, 0) is 13.2 Å². The molecular weight excluding hydrogens is 305 g/mol. The first kappa shape index (κ1) is 13.7. The van der Waals surface area contributed by atoms with E-state index in [-0.39, 0.29) is 10.5 Å². The normalized spacial score (nSPS) is 12.0. The Balaban J connectivity index is 2.17. The molecule has 6 nitrogen and oxygen atoms in total. The Kier molecular flexibility index (Phi) is 3.24. The molecule has 2 aromatic heterocycles. The van der Waals surface area contributed by atoms with Gasteiger partial charge in [0.2, 0.25) is 11.0 Å². The van der Waals surface area contributed by atoms with Crippen molar-refractivity contribution in [3.8, 4) is 0 Å². The van der Waals surface area contributed by atoms with Crippen LogP contribution in [0.25, 0.3) is 10.9 Å². The fraction of sp³-hybridized carbons (Fsp3) is 0.182. The van der Waals surface area contributed by atoms with Crippen LogP contribution in [0.3, 0.4) is 0 Å². The molecular formula is C11H7F3N6S. The van der Waals surface area contributed by atoms with Crippen molar-refractivity contribution < 1.29 is 13.2 Å². The van der Waals surface area contributed by atoms with Gasteiger partial charge in [0.05, 0.1) is 5.52 Å². The summed E-state index contributed by atoms with van der Waals surface area (Å²) in [6.45, 7) is 0. The molecule has 10 heteroatoms. The summed E-state index contributed by atoms with van der Waals surface area (Å²) in [5.41, 5.74) is 0.220. The molecule has 0 atom stereocenters. The number of benzene rings is 1. The van der Waals surface area contributed by atoms with Crippen LogP contribution < -0.4 is 0 Å². The molecule has 0 bridgehead atoms. The Hall–Kier alpha value is -2.23. The van der Waals surface area contributed by atoms with Gasteiger partial charge < -0.3 is 0 Å². The number of aryl methyl sites for hydroxylation is 1. The van der Waals surface area contributed by atoms with Crippen LogP contribution in [0, 0.1) is 0 Å². The van der Waals surface area contributed by atoms with E-state index >= 15 is 0 Å². The average Bonchev–Trinajstić information content (AvgIpc) is 2.83. The van der Waals surface area contributed by atoms with Gasteiger partial charge in [-0.2, -0.15) is 13.2 Å². The fourth-order valence-electron chi connectivity index (χ4n) is 1.65. The lowest BCUT2D eigenvalue weighted by molar-refractivity contribution is -0.145. The van der Waals surface area contributed by atoms with Gasteiger partial charge in [0.1, 0.15) is 5.03 Å². The zero-order valence-electron chi connectivity index (χ0n) is 10.5. The van der Waals surface area contributed by atoms with Crippen LogP contribution in [0.1, 0.15) is 5.82 Å². The first-order valence-electron chi connectivity index (χ1n) is 5.69. The van der Waals surface area contributed by atoms with E-state index in [9.17, 15) is 13.2 Å². The Morgan fingerprint density at radius 1 is 1.14 bits per heavy atom. The molecule has 0 saturated heterocycles. The summed E-state index contributed by atoms with van der Waals surface area (Å²) in [6, 6.07) is 6.48. The maximum Gasteiger partial charge on any atom is 0.451 e. The standard InChI is InChI=1S/C11H7F3N6S/c1-20-10(17-18-19-20)21-8-6-4-2-3-5-7(6)15-9(16-8)11(12,13)14/h2-5H,1H3. The van der Waals surface area contributed by atoms with E-state index in [1.54, 1.807) is 25.2 Å².